The molecule has 2 aliphatic heterocycles. The van der Waals surface area contributed by atoms with Gasteiger partial charge in [-0.1, -0.05) is 37.0 Å². The standard InChI is InChI=1S/C25H30N6O5/c32-14-7-5-3-1-2-4-6-13-30-16-17(28-29-30)15-26-19-10-8-9-18-22(19)25(36)31(24(18)35)20-11-12-21(33)27-23(20)34/h8-10,14,16,20,26H,1-7,11-13,15H2,(H,27,33,34). The molecule has 11 nitrogen and oxygen atoms in total. The minimum absolute atomic E-state index is 0.0754. The Morgan fingerprint density at radius 3 is 2.58 bits per heavy atom. The van der Waals surface area contributed by atoms with Crippen LogP contribution in [0.1, 0.15) is 84.2 Å². The summed E-state index contributed by atoms with van der Waals surface area (Å²) in [6, 6.07) is 3.94. The second-order valence-electron chi connectivity index (χ2n) is 9.08. The van der Waals surface area contributed by atoms with Crippen molar-refractivity contribution in [2.24, 2.45) is 0 Å². The van der Waals surface area contributed by atoms with Crippen LogP contribution in [-0.2, 0) is 27.5 Å². The lowest BCUT2D eigenvalue weighted by Gasteiger charge is -2.27. The number of aryl methyl sites for hydroxylation is 1. The van der Waals surface area contributed by atoms with Crippen LogP contribution in [0.25, 0.3) is 0 Å². The smallest absolute Gasteiger partial charge is 0.264 e. The molecule has 0 spiro atoms. The molecule has 0 aliphatic carbocycles. The van der Waals surface area contributed by atoms with Gasteiger partial charge in [0.15, 0.2) is 0 Å². The predicted octanol–water partition coefficient (Wildman–Crippen LogP) is 2.22. The van der Waals surface area contributed by atoms with E-state index in [1.807, 2.05) is 6.20 Å². The highest BCUT2D eigenvalue weighted by Gasteiger charge is 2.45. The highest BCUT2D eigenvalue weighted by atomic mass is 16.2. The van der Waals surface area contributed by atoms with Crippen molar-refractivity contribution >= 4 is 35.6 Å². The average molecular weight is 495 g/mol. The number of anilines is 1. The number of amides is 4. The Kier molecular flexibility index (Phi) is 8.19. The van der Waals surface area contributed by atoms with Gasteiger partial charge < -0.3 is 10.1 Å². The van der Waals surface area contributed by atoms with Gasteiger partial charge in [0.25, 0.3) is 11.8 Å². The molecule has 1 atom stereocenters. The zero-order chi connectivity index (χ0) is 25.5. The number of fused-ring (bicyclic) bond motifs is 1. The molecule has 3 heterocycles. The Labute approximate surface area is 208 Å². The zero-order valence-corrected chi connectivity index (χ0v) is 20.1. The van der Waals surface area contributed by atoms with Crippen molar-refractivity contribution in [2.75, 3.05) is 5.32 Å². The fraction of sp³-hybridized carbons (Fsp3) is 0.480. The zero-order valence-electron chi connectivity index (χ0n) is 20.1. The number of benzene rings is 1. The molecule has 4 rings (SSSR count). The van der Waals surface area contributed by atoms with Crippen LogP contribution in [0.2, 0.25) is 0 Å². The first-order valence-corrected chi connectivity index (χ1v) is 12.4. The summed E-state index contributed by atoms with van der Waals surface area (Å²) in [6.07, 6.45) is 10.0. The number of carbonyl (C=O) groups excluding carboxylic acids is 5. The fourth-order valence-corrected chi connectivity index (χ4v) is 4.59. The second-order valence-corrected chi connectivity index (χ2v) is 9.08. The van der Waals surface area contributed by atoms with Crippen LogP contribution in [0.4, 0.5) is 5.69 Å². The van der Waals surface area contributed by atoms with Crippen LogP contribution in [0.3, 0.4) is 0 Å². The molecule has 1 unspecified atom stereocenters. The van der Waals surface area contributed by atoms with E-state index in [1.165, 1.54) is 0 Å². The molecule has 1 aromatic heterocycles. The van der Waals surface area contributed by atoms with Gasteiger partial charge in [0.05, 0.1) is 23.9 Å². The van der Waals surface area contributed by atoms with E-state index in [1.54, 1.807) is 22.9 Å². The molecule has 1 aromatic carbocycles. The van der Waals surface area contributed by atoms with E-state index < -0.39 is 29.7 Å². The number of aromatic nitrogens is 3. The maximum absolute atomic E-state index is 13.2. The van der Waals surface area contributed by atoms with Gasteiger partial charge in [0.1, 0.15) is 18.0 Å². The summed E-state index contributed by atoms with van der Waals surface area (Å²) in [5, 5.41) is 13.7. The largest absolute Gasteiger partial charge is 0.379 e. The number of hydrogen-bond donors (Lipinski definition) is 2. The predicted molar refractivity (Wildman–Crippen MR) is 129 cm³/mol. The van der Waals surface area contributed by atoms with Gasteiger partial charge in [-0.2, -0.15) is 0 Å². The lowest BCUT2D eigenvalue weighted by molar-refractivity contribution is -0.136. The van der Waals surface area contributed by atoms with Gasteiger partial charge in [-0.3, -0.25) is 34.1 Å². The Bertz CT molecular complexity index is 1160. The quantitative estimate of drug-likeness (QED) is 0.245. The number of carbonyl (C=O) groups is 5. The first-order chi connectivity index (χ1) is 17.5. The molecule has 2 aromatic rings. The summed E-state index contributed by atoms with van der Waals surface area (Å²) in [7, 11) is 0. The SMILES string of the molecule is O=CCCCCCCCCn1cc(CNc2cccc3c2C(=O)N(C2CCC(=O)NC2=O)C3=O)nn1. The number of unbranched alkanes of at least 4 members (excludes halogenated alkanes) is 6. The molecule has 11 heteroatoms. The molecular formula is C25H30N6O5. The van der Waals surface area contributed by atoms with Crippen LogP contribution in [0.5, 0.6) is 0 Å². The molecule has 2 aliphatic rings. The van der Waals surface area contributed by atoms with Gasteiger partial charge in [0, 0.05) is 25.1 Å². The second kappa shape index (κ2) is 11.7. The van der Waals surface area contributed by atoms with Crippen LogP contribution >= 0.6 is 0 Å². The molecule has 0 saturated carbocycles. The lowest BCUT2D eigenvalue weighted by Crippen LogP contribution is -2.54. The van der Waals surface area contributed by atoms with E-state index in [2.05, 4.69) is 20.9 Å². The third-order valence-electron chi connectivity index (χ3n) is 6.47. The van der Waals surface area contributed by atoms with Gasteiger partial charge in [-0.15, -0.1) is 5.10 Å². The summed E-state index contributed by atoms with van der Waals surface area (Å²) >= 11 is 0. The number of hydrogen-bond acceptors (Lipinski definition) is 8. The monoisotopic (exact) mass is 494 g/mol. The molecule has 1 saturated heterocycles. The van der Waals surface area contributed by atoms with Gasteiger partial charge in [0.2, 0.25) is 11.8 Å². The number of rotatable bonds is 13. The van der Waals surface area contributed by atoms with E-state index in [-0.39, 0.29) is 24.0 Å². The Morgan fingerprint density at radius 1 is 1.03 bits per heavy atom. The first kappa shape index (κ1) is 25.2. The number of imide groups is 2. The third kappa shape index (κ3) is 5.67. The van der Waals surface area contributed by atoms with E-state index in [0.29, 0.717) is 24.3 Å². The summed E-state index contributed by atoms with van der Waals surface area (Å²) in [5.41, 5.74) is 1.61. The molecular weight excluding hydrogens is 464 g/mol. The molecule has 0 radical (unpaired) electrons. The Hall–Kier alpha value is -3.89. The molecule has 36 heavy (non-hydrogen) atoms. The third-order valence-corrected chi connectivity index (χ3v) is 6.47. The van der Waals surface area contributed by atoms with Crippen molar-refractivity contribution in [3.8, 4) is 0 Å². The average Bonchev–Trinajstić information content (AvgIpc) is 3.42. The summed E-state index contributed by atoms with van der Waals surface area (Å²) < 4.78 is 1.79. The number of nitrogens with zero attached hydrogens (tertiary/aromatic N) is 4. The van der Waals surface area contributed by atoms with Gasteiger partial charge in [-0.25, -0.2) is 0 Å². The highest BCUT2D eigenvalue weighted by molar-refractivity contribution is 6.25. The van der Waals surface area contributed by atoms with Crippen molar-refractivity contribution in [3.05, 3.63) is 41.2 Å². The fourth-order valence-electron chi connectivity index (χ4n) is 4.59. The number of piperidine rings is 1. The van der Waals surface area contributed by atoms with E-state index in [0.717, 1.165) is 56.3 Å². The Morgan fingerprint density at radius 2 is 1.81 bits per heavy atom. The highest BCUT2D eigenvalue weighted by Crippen LogP contribution is 2.32. The molecule has 2 N–H and O–H groups in total. The maximum atomic E-state index is 13.2. The first-order valence-electron chi connectivity index (χ1n) is 12.4. The van der Waals surface area contributed by atoms with Crippen LogP contribution in [0.15, 0.2) is 24.4 Å². The van der Waals surface area contributed by atoms with Crippen LogP contribution in [-0.4, -0.2) is 55.9 Å². The molecule has 0 bridgehead atoms. The van der Waals surface area contributed by atoms with Crippen molar-refractivity contribution < 1.29 is 24.0 Å². The van der Waals surface area contributed by atoms with E-state index in [4.69, 9.17) is 0 Å². The number of nitrogens with one attached hydrogen (secondary N) is 2. The minimum Gasteiger partial charge on any atom is -0.379 e. The van der Waals surface area contributed by atoms with Crippen molar-refractivity contribution in [3.63, 3.8) is 0 Å². The topological polar surface area (TPSA) is 143 Å². The van der Waals surface area contributed by atoms with Crippen molar-refractivity contribution in [1.29, 1.82) is 0 Å². The van der Waals surface area contributed by atoms with E-state index >= 15 is 0 Å². The summed E-state index contributed by atoms with van der Waals surface area (Å²) in [5.74, 6) is -2.13. The van der Waals surface area contributed by atoms with Crippen LogP contribution < -0.4 is 10.6 Å². The van der Waals surface area contributed by atoms with Crippen molar-refractivity contribution in [1.82, 2.24) is 25.2 Å². The maximum Gasteiger partial charge on any atom is 0.264 e. The number of aldehydes is 1. The van der Waals surface area contributed by atoms with Crippen LogP contribution in [0, 0.1) is 0 Å². The van der Waals surface area contributed by atoms with Gasteiger partial charge >= 0.3 is 0 Å². The lowest BCUT2D eigenvalue weighted by atomic mass is 10.0. The normalized spacial score (nSPS) is 17.3. The molecule has 190 valence electrons. The minimum atomic E-state index is -1.00. The molecule has 4 amide bonds. The van der Waals surface area contributed by atoms with E-state index in [9.17, 15) is 24.0 Å². The van der Waals surface area contributed by atoms with Gasteiger partial charge in [-0.05, 0) is 31.4 Å². The Balaban J connectivity index is 1.31. The van der Waals surface area contributed by atoms with Crippen molar-refractivity contribution in [2.45, 2.75) is 76.9 Å². The molecule has 1 fully saturated rings. The summed E-state index contributed by atoms with van der Waals surface area (Å²) in [4.78, 5) is 61.1. The summed E-state index contributed by atoms with van der Waals surface area (Å²) in [6.45, 7) is 1.07.